The molecule has 3 heterocycles. The first-order chi connectivity index (χ1) is 10.6. The van der Waals surface area contributed by atoms with E-state index in [1.54, 1.807) is 35.8 Å². The third kappa shape index (κ3) is 2.70. The van der Waals surface area contributed by atoms with Crippen LogP contribution in [0.5, 0.6) is 0 Å². The fourth-order valence-electron chi connectivity index (χ4n) is 2.41. The summed E-state index contributed by atoms with van der Waals surface area (Å²) < 4.78 is 26.8. The van der Waals surface area contributed by atoms with Crippen molar-refractivity contribution in [1.82, 2.24) is 9.29 Å². The Hall–Kier alpha value is -1.95. The topological polar surface area (TPSA) is 77.3 Å². The molecule has 1 aliphatic heterocycles. The highest BCUT2D eigenvalue weighted by molar-refractivity contribution is 7.91. The Morgan fingerprint density at radius 1 is 1.18 bits per heavy atom. The predicted molar refractivity (Wildman–Crippen MR) is 84.2 cm³/mol. The van der Waals surface area contributed by atoms with Crippen LogP contribution in [0.2, 0.25) is 0 Å². The maximum Gasteiger partial charge on any atom is 0.252 e. The molecule has 3 rings (SSSR count). The van der Waals surface area contributed by atoms with Crippen molar-refractivity contribution in [2.75, 3.05) is 31.1 Å². The van der Waals surface area contributed by atoms with Crippen LogP contribution in [0.25, 0.3) is 0 Å². The molecule has 2 aromatic heterocycles. The van der Waals surface area contributed by atoms with Crippen LogP contribution in [0.15, 0.2) is 40.1 Å². The molecule has 0 spiro atoms. The summed E-state index contributed by atoms with van der Waals surface area (Å²) >= 11 is 1.23. The maximum absolute atomic E-state index is 12.5. The third-order valence-electron chi connectivity index (χ3n) is 3.53. The quantitative estimate of drug-likeness (QED) is 0.850. The lowest BCUT2D eigenvalue weighted by molar-refractivity contribution is 0.384. The van der Waals surface area contributed by atoms with E-state index in [1.807, 2.05) is 4.90 Å². The second-order valence-corrected chi connectivity index (χ2v) is 7.92. The van der Waals surface area contributed by atoms with Crippen molar-refractivity contribution < 1.29 is 8.42 Å². The first-order valence-electron chi connectivity index (χ1n) is 6.76. The van der Waals surface area contributed by atoms with Gasteiger partial charge in [-0.05, 0) is 23.6 Å². The monoisotopic (exact) mass is 334 g/mol. The van der Waals surface area contributed by atoms with Gasteiger partial charge in [-0.15, -0.1) is 11.3 Å². The van der Waals surface area contributed by atoms with Crippen LogP contribution in [0.4, 0.5) is 5.82 Å². The molecule has 0 atom stereocenters. The van der Waals surface area contributed by atoms with Gasteiger partial charge in [-0.25, -0.2) is 13.4 Å². The molecule has 0 N–H and O–H groups in total. The number of hydrogen-bond donors (Lipinski definition) is 0. The van der Waals surface area contributed by atoms with Crippen LogP contribution in [0.3, 0.4) is 0 Å². The molecule has 2 aromatic rings. The lowest BCUT2D eigenvalue weighted by atomic mass is 10.2. The maximum atomic E-state index is 12.5. The Labute approximate surface area is 133 Å². The lowest BCUT2D eigenvalue weighted by Crippen LogP contribution is -2.49. The number of nitrogens with zero attached hydrogens (tertiary/aromatic N) is 4. The Bertz CT molecular complexity index is 789. The smallest absolute Gasteiger partial charge is 0.252 e. The summed E-state index contributed by atoms with van der Waals surface area (Å²) in [6.07, 6.45) is 1.64. The third-order valence-corrected chi connectivity index (χ3v) is 6.81. The van der Waals surface area contributed by atoms with E-state index in [0.29, 0.717) is 41.8 Å². The van der Waals surface area contributed by atoms with Gasteiger partial charge in [-0.1, -0.05) is 6.07 Å². The Kier molecular flexibility index (Phi) is 4.11. The zero-order valence-electron chi connectivity index (χ0n) is 11.7. The van der Waals surface area contributed by atoms with Gasteiger partial charge in [0, 0.05) is 32.4 Å². The highest BCUT2D eigenvalue weighted by atomic mass is 32.2. The molecule has 0 aromatic carbocycles. The van der Waals surface area contributed by atoms with Gasteiger partial charge in [-0.3, -0.25) is 0 Å². The molecule has 1 saturated heterocycles. The SMILES string of the molecule is N#Cc1cccnc1N1CCN(S(=O)(=O)c2cccs2)CC1. The van der Waals surface area contributed by atoms with E-state index in [0.717, 1.165) is 0 Å². The van der Waals surface area contributed by atoms with Gasteiger partial charge in [0.2, 0.25) is 0 Å². The van der Waals surface area contributed by atoms with E-state index in [2.05, 4.69) is 11.1 Å². The van der Waals surface area contributed by atoms with Crippen molar-refractivity contribution in [2.45, 2.75) is 4.21 Å². The van der Waals surface area contributed by atoms with Crippen LogP contribution in [0.1, 0.15) is 5.56 Å². The molecule has 0 saturated carbocycles. The molecule has 0 bridgehead atoms. The number of aromatic nitrogens is 1. The molecule has 0 aliphatic carbocycles. The van der Waals surface area contributed by atoms with Crippen LogP contribution >= 0.6 is 11.3 Å². The molecule has 0 amide bonds. The minimum Gasteiger partial charge on any atom is -0.353 e. The molecule has 1 fully saturated rings. The number of sulfonamides is 1. The van der Waals surface area contributed by atoms with Crippen LogP contribution in [0, 0.1) is 11.3 Å². The van der Waals surface area contributed by atoms with Gasteiger partial charge in [0.15, 0.2) is 0 Å². The fraction of sp³-hybridized carbons (Fsp3) is 0.286. The minimum atomic E-state index is -3.40. The number of anilines is 1. The van der Waals surface area contributed by atoms with Crippen LogP contribution < -0.4 is 4.90 Å². The van der Waals surface area contributed by atoms with Crippen LogP contribution in [-0.2, 0) is 10.0 Å². The van der Waals surface area contributed by atoms with Crippen LogP contribution in [-0.4, -0.2) is 43.9 Å². The van der Waals surface area contributed by atoms with E-state index in [-0.39, 0.29) is 0 Å². The molecule has 8 heteroatoms. The van der Waals surface area contributed by atoms with E-state index in [1.165, 1.54) is 15.6 Å². The summed E-state index contributed by atoms with van der Waals surface area (Å²) in [6.45, 7) is 1.83. The van der Waals surface area contributed by atoms with Crippen molar-refractivity contribution in [2.24, 2.45) is 0 Å². The predicted octanol–water partition coefficient (Wildman–Crippen LogP) is 1.53. The summed E-state index contributed by atoms with van der Waals surface area (Å²) in [5.41, 5.74) is 0.511. The first-order valence-corrected chi connectivity index (χ1v) is 9.08. The van der Waals surface area contributed by atoms with Crippen molar-refractivity contribution in [3.05, 3.63) is 41.4 Å². The van der Waals surface area contributed by atoms with E-state index in [9.17, 15) is 8.42 Å². The lowest BCUT2D eigenvalue weighted by Gasteiger charge is -2.34. The van der Waals surface area contributed by atoms with E-state index < -0.39 is 10.0 Å². The molecule has 114 valence electrons. The average molecular weight is 334 g/mol. The molecule has 0 radical (unpaired) electrons. The molecule has 6 nitrogen and oxygen atoms in total. The van der Waals surface area contributed by atoms with Gasteiger partial charge in [-0.2, -0.15) is 9.57 Å². The van der Waals surface area contributed by atoms with Gasteiger partial charge < -0.3 is 4.90 Å². The van der Waals surface area contributed by atoms with E-state index in [4.69, 9.17) is 5.26 Å². The standard InChI is InChI=1S/C14H14N4O2S2/c15-11-12-3-1-5-16-14(12)17-6-8-18(9-7-17)22(19,20)13-4-2-10-21-13/h1-5,10H,6-9H2. The largest absolute Gasteiger partial charge is 0.353 e. The molecule has 22 heavy (non-hydrogen) atoms. The Morgan fingerprint density at radius 2 is 1.95 bits per heavy atom. The minimum absolute atomic E-state index is 0.372. The van der Waals surface area contributed by atoms with Gasteiger partial charge in [0.1, 0.15) is 16.1 Å². The number of pyridine rings is 1. The number of thiophene rings is 1. The number of hydrogen-bond acceptors (Lipinski definition) is 6. The second-order valence-electron chi connectivity index (χ2n) is 4.81. The molecule has 0 unspecified atom stereocenters. The first kappa shape index (κ1) is 15.0. The molecule has 1 aliphatic rings. The summed E-state index contributed by atoms with van der Waals surface area (Å²) in [5.74, 6) is 0.623. The normalized spacial score (nSPS) is 16.4. The van der Waals surface area contributed by atoms with Crippen molar-refractivity contribution in [1.29, 1.82) is 5.26 Å². The summed E-state index contributed by atoms with van der Waals surface area (Å²) in [5, 5.41) is 10.9. The Balaban J connectivity index is 1.75. The number of piperazine rings is 1. The van der Waals surface area contributed by atoms with Gasteiger partial charge in [0.25, 0.3) is 10.0 Å². The highest BCUT2D eigenvalue weighted by Crippen LogP contribution is 2.24. The van der Waals surface area contributed by atoms with Crippen molar-refractivity contribution in [3.8, 4) is 6.07 Å². The fourth-order valence-corrected chi connectivity index (χ4v) is 4.98. The van der Waals surface area contributed by atoms with E-state index >= 15 is 0 Å². The van der Waals surface area contributed by atoms with Gasteiger partial charge in [0.05, 0.1) is 5.56 Å². The molecular formula is C14H14N4O2S2. The molecular weight excluding hydrogens is 320 g/mol. The zero-order chi connectivity index (χ0) is 15.6. The average Bonchev–Trinajstić information content (AvgIpc) is 3.10. The number of nitriles is 1. The summed E-state index contributed by atoms with van der Waals surface area (Å²) in [6, 6.07) is 8.92. The Morgan fingerprint density at radius 3 is 2.59 bits per heavy atom. The van der Waals surface area contributed by atoms with Crippen molar-refractivity contribution in [3.63, 3.8) is 0 Å². The zero-order valence-corrected chi connectivity index (χ0v) is 13.3. The van der Waals surface area contributed by atoms with Gasteiger partial charge >= 0.3 is 0 Å². The summed E-state index contributed by atoms with van der Waals surface area (Å²) in [7, 11) is -3.40. The number of rotatable bonds is 3. The van der Waals surface area contributed by atoms with Crippen molar-refractivity contribution >= 4 is 27.2 Å². The highest BCUT2D eigenvalue weighted by Gasteiger charge is 2.30. The second kappa shape index (κ2) is 6.04. The summed E-state index contributed by atoms with van der Waals surface area (Å²) in [4.78, 5) is 6.21.